The van der Waals surface area contributed by atoms with Gasteiger partial charge in [0.15, 0.2) is 0 Å². The van der Waals surface area contributed by atoms with Crippen molar-refractivity contribution in [3.05, 3.63) is 51.3 Å². The van der Waals surface area contributed by atoms with Gasteiger partial charge in [-0.1, -0.05) is 6.07 Å². The fourth-order valence-corrected chi connectivity index (χ4v) is 3.22. The minimum absolute atomic E-state index is 0.995. The Hall–Kier alpha value is -1.63. The average Bonchev–Trinajstić information content (AvgIpc) is 2.64. The maximum Gasteiger partial charge on any atom is 0.0531 e. The van der Waals surface area contributed by atoms with Gasteiger partial charge in [0.2, 0.25) is 0 Å². The molecule has 1 nitrogen and oxygen atoms in total. The number of aryl methyl sites for hydroxylation is 3. The van der Waals surface area contributed by atoms with Crippen molar-refractivity contribution < 1.29 is 0 Å². The zero-order valence-electron chi connectivity index (χ0n) is 11.8. The smallest absolute Gasteiger partial charge is 0.0531 e. The second-order valence-corrected chi connectivity index (χ2v) is 5.56. The van der Waals surface area contributed by atoms with E-state index >= 15 is 0 Å². The van der Waals surface area contributed by atoms with E-state index in [9.17, 15) is 0 Å². The van der Waals surface area contributed by atoms with E-state index in [1.54, 1.807) is 0 Å². The largest absolute Gasteiger partial charge is 0.257 e. The Kier molecular flexibility index (Phi) is 2.34. The molecular formula is C17H19N. The van der Waals surface area contributed by atoms with Gasteiger partial charge in [-0.3, -0.25) is 4.98 Å². The van der Waals surface area contributed by atoms with Crippen LogP contribution in [-0.4, -0.2) is 4.98 Å². The third-order valence-electron chi connectivity index (χ3n) is 4.27. The molecule has 1 aliphatic carbocycles. The molecular weight excluding hydrogens is 218 g/mol. The molecule has 1 aromatic carbocycles. The molecule has 2 aromatic rings. The Labute approximate surface area is 109 Å². The Morgan fingerprint density at radius 1 is 0.833 bits per heavy atom. The summed E-state index contributed by atoms with van der Waals surface area (Å²) in [5.74, 6) is 0. The zero-order chi connectivity index (χ0) is 13.0. The maximum absolute atomic E-state index is 4.73. The molecule has 0 atom stereocenters. The van der Waals surface area contributed by atoms with Crippen LogP contribution in [0, 0.1) is 34.6 Å². The van der Waals surface area contributed by atoms with Crippen LogP contribution in [0.1, 0.15) is 39.2 Å². The first-order valence-electron chi connectivity index (χ1n) is 6.56. The molecule has 0 aliphatic heterocycles. The Balaban J connectivity index is 2.38. The highest BCUT2D eigenvalue weighted by Gasteiger charge is 2.24. The molecule has 1 heterocycles. The van der Waals surface area contributed by atoms with Crippen LogP contribution >= 0.6 is 0 Å². The van der Waals surface area contributed by atoms with Gasteiger partial charge in [-0.2, -0.15) is 0 Å². The van der Waals surface area contributed by atoms with Crippen LogP contribution in [0.3, 0.4) is 0 Å². The standard InChI is InChI=1S/C17H19N/c1-9-7-14-8-15-16(10(2)6-11(3)18-15)17(14)13(5)12(9)4/h6-7H,8H2,1-5H3. The van der Waals surface area contributed by atoms with Gasteiger partial charge >= 0.3 is 0 Å². The van der Waals surface area contributed by atoms with E-state index in [1.807, 2.05) is 0 Å². The van der Waals surface area contributed by atoms with Gasteiger partial charge in [0.05, 0.1) is 5.69 Å². The van der Waals surface area contributed by atoms with Gasteiger partial charge in [0.1, 0.15) is 0 Å². The first kappa shape index (κ1) is 11.5. The number of nitrogens with zero attached hydrogens (tertiary/aromatic N) is 1. The number of fused-ring (bicyclic) bond motifs is 3. The lowest BCUT2D eigenvalue weighted by atomic mass is 9.92. The summed E-state index contributed by atoms with van der Waals surface area (Å²) in [4.78, 5) is 4.73. The van der Waals surface area contributed by atoms with Crippen LogP contribution in [-0.2, 0) is 6.42 Å². The molecule has 0 saturated heterocycles. The quantitative estimate of drug-likeness (QED) is 0.571. The molecule has 1 aromatic heterocycles. The zero-order valence-corrected chi connectivity index (χ0v) is 11.8. The van der Waals surface area contributed by atoms with Gasteiger partial charge in [-0.15, -0.1) is 0 Å². The molecule has 3 rings (SSSR count). The van der Waals surface area contributed by atoms with Crippen LogP contribution in [0.5, 0.6) is 0 Å². The second kappa shape index (κ2) is 3.68. The molecule has 0 fully saturated rings. The highest BCUT2D eigenvalue weighted by atomic mass is 14.7. The minimum Gasteiger partial charge on any atom is -0.257 e. The van der Waals surface area contributed by atoms with E-state index < -0.39 is 0 Å². The predicted molar refractivity (Wildman–Crippen MR) is 76.2 cm³/mol. The summed E-state index contributed by atoms with van der Waals surface area (Å²) >= 11 is 0. The van der Waals surface area contributed by atoms with Crippen molar-refractivity contribution in [2.24, 2.45) is 0 Å². The predicted octanol–water partition coefficient (Wildman–Crippen LogP) is 4.19. The number of pyridine rings is 1. The van der Waals surface area contributed by atoms with Crippen LogP contribution < -0.4 is 0 Å². The second-order valence-electron chi connectivity index (χ2n) is 5.56. The lowest BCUT2D eigenvalue weighted by Crippen LogP contribution is -1.94. The topological polar surface area (TPSA) is 12.9 Å². The van der Waals surface area contributed by atoms with Gasteiger partial charge in [-0.25, -0.2) is 0 Å². The molecule has 1 heteroatoms. The van der Waals surface area contributed by atoms with Crippen molar-refractivity contribution in [1.29, 1.82) is 0 Å². The van der Waals surface area contributed by atoms with Gasteiger partial charge in [0, 0.05) is 17.7 Å². The molecule has 1 aliphatic rings. The third-order valence-corrected chi connectivity index (χ3v) is 4.27. The first-order valence-corrected chi connectivity index (χ1v) is 6.56. The third kappa shape index (κ3) is 1.43. The van der Waals surface area contributed by atoms with E-state index in [1.165, 1.54) is 44.6 Å². The summed E-state index contributed by atoms with van der Waals surface area (Å²) in [5, 5.41) is 0. The van der Waals surface area contributed by atoms with E-state index in [0.717, 1.165) is 12.1 Å². The van der Waals surface area contributed by atoms with Crippen molar-refractivity contribution in [3.8, 4) is 11.1 Å². The first-order chi connectivity index (χ1) is 8.49. The van der Waals surface area contributed by atoms with Gasteiger partial charge < -0.3 is 0 Å². The summed E-state index contributed by atoms with van der Waals surface area (Å²) in [6, 6.07) is 4.54. The van der Waals surface area contributed by atoms with Crippen molar-refractivity contribution in [1.82, 2.24) is 4.98 Å². The fourth-order valence-electron chi connectivity index (χ4n) is 3.22. The van der Waals surface area contributed by atoms with E-state index in [0.29, 0.717) is 0 Å². The van der Waals surface area contributed by atoms with Crippen molar-refractivity contribution >= 4 is 0 Å². The average molecular weight is 237 g/mol. The fraction of sp³-hybridized carbons (Fsp3) is 0.353. The summed E-state index contributed by atoms with van der Waals surface area (Å²) in [6.07, 6.45) is 0.995. The number of rotatable bonds is 0. The summed E-state index contributed by atoms with van der Waals surface area (Å²) in [5.41, 5.74) is 12.3. The Morgan fingerprint density at radius 2 is 1.56 bits per heavy atom. The number of hydrogen-bond donors (Lipinski definition) is 0. The summed E-state index contributed by atoms with van der Waals surface area (Å²) in [7, 11) is 0. The molecule has 0 radical (unpaired) electrons. The molecule has 0 amide bonds. The van der Waals surface area contributed by atoms with Crippen molar-refractivity contribution in [3.63, 3.8) is 0 Å². The van der Waals surface area contributed by atoms with Gasteiger partial charge in [-0.05, 0) is 74.1 Å². The van der Waals surface area contributed by atoms with E-state index in [2.05, 4.69) is 46.8 Å². The molecule has 0 unspecified atom stereocenters. The lowest BCUT2D eigenvalue weighted by molar-refractivity contribution is 1.06. The summed E-state index contributed by atoms with van der Waals surface area (Å²) < 4.78 is 0. The maximum atomic E-state index is 4.73. The summed E-state index contributed by atoms with van der Waals surface area (Å²) in [6.45, 7) is 11.0. The highest BCUT2D eigenvalue weighted by molar-refractivity contribution is 5.82. The number of hydrogen-bond acceptors (Lipinski definition) is 1. The normalized spacial score (nSPS) is 12.5. The SMILES string of the molecule is Cc1cc(C)c2c(n1)Cc1cc(C)c(C)c(C)c1-2. The number of aromatic nitrogens is 1. The Morgan fingerprint density at radius 3 is 2.28 bits per heavy atom. The van der Waals surface area contributed by atoms with Crippen LogP contribution in [0.4, 0.5) is 0 Å². The molecule has 92 valence electrons. The monoisotopic (exact) mass is 237 g/mol. The van der Waals surface area contributed by atoms with E-state index in [4.69, 9.17) is 4.98 Å². The number of benzene rings is 1. The molecule has 0 N–H and O–H groups in total. The molecule has 0 spiro atoms. The van der Waals surface area contributed by atoms with Crippen LogP contribution in [0.2, 0.25) is 0 Å². The Bertz CT molecular complexity index is 666. The highest BCUT2D eigenvalue weighted by Crippen LogP contribution is 2.41. The minimum atomic E-state index is 0.995. The lowest BCUT2D eigenvalue weighted by Gasteiger charge is -2.13. The molecule has 0 saturated carbocycles. The molecule has 18 heavy (non-hydrogen) atoms. The molecule has 0 bridgehead atoms. The van der Waals surface area contributed by atoms with Crippen molar-refractivity contribution in [2.45, 2.75) is 41.0 Å². The van der Waals surface area contributed by atoms with Crippen molar-refractivity contribution in [2.75, 3.05) is 0 Å². The van der Waals surface area contributed by atoms with Crippen LogP contribution in [0.25, 0.3) is 11.1 Å². The van der Waals surface area contributed by atoms with Crippen LogP contribution in [0.15, 0.2) is 12.1 Å². The van der Waals surface area contributed by atoms with Gasteiger partial charge in [0.25, 0.3) is 0 Å². The van der Waals surface area contributed by atoms with E-state index in [-0.39, 0.29) is 0 Å².